The Morgan fingerprint density at radius 1 is 1.42 bits per heavy atom. The predicted molar refractivity (Wildman–Crippen MR) is 74.5 cm³/mol. The molecule has 0 bridgehead atoms. The third kappa shape index (κ3) is 3.50. The predicted octanol–water partition coefficient (Wildman–Crippen LogP) is 2.01. The van der Waals surface area contributed by atoms with Crippen LogP contribution in [0.1, 0.15) is 36.7 Å². The monoisotopic (exact) mass is 328 g/mol. The summed E-state index contributed by atoms with van der Waals surface area (Å²) >= 11 is 3.24. The maximum absolute atomic E-state index is 11.9. The molecule has 7 heteroatoms. The normalized spacial score (nSPS) is 19.1. The molecule has 0 radical (unpaired) electrons. The zero-order chi connectivity index (χ0) is 13.8. The van der Waals surface area contributed by atoms with Gasteiger partial charge in [0, 0.05) is 23.3 Å². The van der Waals surface area contributed by atoms with Crippen molar-refractivity contribution in [2.45, 2.75) is 32.2 Å². The number of nitrogens with zero attached hydrogens (tertiary/aromatic N) is 1. The van der Waals surface area contributed by atoms with Gasteiger partial charge in [0.2, 0.25) is 0 Å². The minimum Gasteiger partial charge on any atom is -0.356 e. The number of hydrazine groups is 1. The number of hydrogen-bond donors (Lipinski definition) is 3. The van der Waals surface area contributed by atoms with E-state index in [-0.39, 0.29) is 18.0 Å². The van der Waals surface area contributed by atoms with Gasteiger partial charge in [0.1, 0.15) is 5.69 Å². The summed E-state index contributed by atoms with van der Waals surface area (Å²) < 4.78 is 0.786. The van der Waals surface area contributed by atoms with E-state index in [9.17, 15) is 9.59 Å². The summed E-state index contributed by atoms with van der Waals surface area (Å²) in [5, 5.41) is 0. The molecule has 0 aliphatic carbocycles. The molecule has 6 nitrogen and oxygen atoms in total. The number of aromatic amines is 1. The minimum atomic E-state index is -0.372. The van der Waals surface area contributed by atoms with Gasteiger partial charge in [-0.15, -0.1) is 0 Å². The van der Waals surface area contributed by atoms with Crippen molar-refractivity contribution in [2.75, 3.05) is 6.54 Å². The summed E-state index contributed by atoms with van der Waals surface area (Å²) in [5.41, 5.74) is 5.23. The molecule has 3 N–H and O–H groups in total. The molecule has 1 aliphatic heterocycles. The highest BCUT2D eigenvalue weighted by Gasteiger charge is 2.23. The molecule has 1 saturated heterocycles. The van der Waals surface area contributed by atoms with Crippen LogP contribution in [0.4, 0.5) is 4.79 Å². The molecule has 0 saturated carbocycles. The minimum absolute atomic E-state index is 0.213. The van der Waals surface area contributed by atoms with E-state index in [1.807, 2.05) is 6.92 Å². The van der Waals surface area contributed by atoms with E-state index in [1.54, 1.807) is 17.2 Å². The summed E-state index contributed by atoms with van der Waals surface area (Å²) in [6.45, 7) is 2.75. The molecular formula is C12H17BrN4O2. The van der Waals surface area contributed by atoms with E-state index in [4.69, 9.17) is 0 Å². The fourth-order valence-electron chi connectivity index (χ4n) is 2.15. The van der Waals surface area contributed by atoms with Crippen molar-refractivity contribution in [2.24, 2.45) is 0 Å². The third-order valence-electron chi connectivity index (χ3n) is 3.24. The van der Waals surface area contributed by atoms with Gasteiger partial charge >= 0.3 is 6.03 Å². The topological polar surface area (TPSA) is 77.2 Å². The van der Waals surface area contributed by atoms with Gasteiger partial charge in [-0.2, -0.15) is 0 Å². The Bertz CT molecular complexity index is 474. The Balaban J connectivity index is 1.84. The van der Waals surface area contributed by atoms with Crippen LogP contribution in [0.15, 0.2) is 16.7 Å². The van der Waals surface area contributed by atoms with Gasteiger partial charge < -0.3 is 9.88 Å². The number of aromatic nitrogens is 1. The third-order valence-corrected chi connectivity index (χ3v) is 3.70. The summed E-state index contributed by atoms with van der Waals surface area (Å²) in [5.74, 6) is -0.372. The number of H-pyrrole nitrogens is 1. The lowest BCUT2D eigenvalue weighted by Crippen LogP contribution is -2.52. The maximum atomic E-state index is 11.9. The average molecular weight is 329 g/mol. The molecule has 0 aromatic carbocycles. The second-order valence-corrected chi connectivity index (χ2v) is 5.57. The van der Waals surface area contributed by atoms with Gasteiger partial charge in [-0.1, -0.05) is 0 Å². The second-order valence-electron chi connectivity index (χ2n) is 4.65. The fraction of sp³-hybridized carbons (Fsp3) is 0.500. The molecule has 3 amide bonds. The number of rotatable bonds is 1. The summed E-state index contributed by atoms with van der Waals surface area (Å²) in [6, 6.07) is 1.60. The molecule has 1 aliphatic rings. The van der Waals surface area contributed by atoms with E-state index in [1.165, 1.54) is 0 Å². The summed E-state index contributed by atoms with van der Waals surface area (Å²) in [4.78, 5) is 28.2. The van der Waals surface area contributed by atoms with Crippen LogP contribution in [0, 0.1) is 0 Å². The van der Waals surface area contributed by atoms with Crippen molar-refractivity contribution >= 4 is 27.9 Å². The first-order chi connectivity index (χ1) is 9.08. The number of likely N-dealkylation sites (tertiary alicyclic amines) is 1. The highest BCUT2D eigenvalue weighted by molar-refractivity contribution is 9.10. The van der Waals surface area contributed by atoms with Crippen LogP contribution in [0.3, 0.4) is 0 Å². The Morgan fingerprint density at radius 3 is 2.84 bits per heavy atom. The van der Waals surface area contributed by atoms with Crippen molar-refractivity contribution in [3.8, 4) is 0 Å². The lowest BCUT2D eigenvalue weighted by atomic mass is 10.0. The first kappa shape index (κ1) is 13.9. The number of urea groups is 1. The average Bonchev–Trinajstić information content (AvgIpc) is 2.83. The SMILES string of the molecule is C[C@@H]1CCCCN1C(=O)NNC(=O)c1cc(Br)c[nH]1. The van der Waals surface area contributed by atoms with E-state index in [0.29, 0.717) is 5.69 Å². The number of nitrogens with one attached hydrogen (secondary N) is 3. The number of halogens is 1. The van der Waals surface area contributed by atoms with Gasteiger partial charge in [-0.3, -0.25) is 10.2 Å². The van der Waals surface area contributed by atoms with E-state index in [2.05, 4.69) is 31.8 Å². The Kier molecular flexibility index (Phi) is 4.47. The quantitative estimate of drug-likeness (QED) is 0.689. The fourth-order valence-corrected chi connectivity index (χ4v) is 2.49. The van der Waals surface area contributed by atoms with Crippen LogP contribution in [0.5, 0.6) is 0 Å². The van der Waals surface area contributed by atoms with Crippen LogP contribution in [-0.2, 0) is 0 Å². The lowest BCUT2D eigenvalue weighted by molar-refractivity contribution is 0.0917. The summed E-state index contributed by atoms with van der Waals surface area (Å²) in [6.07, 6.45) is 4.82. The first-order valence-corrected chi connectivity index (χ1v) is 7.08. The van der Waals surface area contributed by atoms with Crippen molar-refractivity contribution in [1.82, 2.24) is 20.7 Å². The largest absolute Gasteiger partial charge is 0.356 e. The van der Waals surface area contributed by atoms with Gasteiger partial charge in [0.05, 0.1) is 0 Å². The van der Waals surface area contributed by atoms with E-state index >= 15 is 0 Å². The maximum Gasteiger partial charge on any atom is 0.336 e. The lowest BCUT2D eigenvalue weighted by Gasteiger charge is -2.33. The number of carbonyl (C=O) groups excluding carboxylic acids is 2. The zero-order valence-corrected chi connectivity index (χ0v) is 12.3. The van der Waals surface area contributed by atoms with E-state index < -0.39 is 0 Å². The standard InChI is InChI=1S/C12H17BrN4O2/c1-8-4-2-3-5-17(8)12(19)16-15-11(18)10-6-9(13)7-14-10/h6-8,14H,2-5H2,1H3,(H,15,18)(H,16,19)/t8-/m1/s1. The molecule has 0 spiro atoms. The molecule has 104 valence electrons. The molecule has 2 heterocycles. The van der Waals surface area contributed by atoms with Crippen molar-refractivity contribution in [3.05, 3.63) is 22.4 Å². The van der Waals surface area contributed by atoms with Crippen molar-refractivity contribution < 1.29 is 9.59 Å². The highest BCUT2D eigenvalue weighted by Crippen LogP contribution is 2.16. The van der Waals surface area contributed by atoms with Gasteiger partial charge in [-0.05, 0) is 48.2 Å². The smallest absolute Gasteiger partial charge is 0.336 e. The van der Waals surface area contributed by atoms with Crippen molar-refractivity contribution in [3.63, 3.8) is 0 Å². The zero-order valence-electron chi connectivity index (χ0n) is 10.7. The Morgan fingerprint density at radius 2 is 2.21 bits per heavy atom. The van der Waals surface area contributed by atoms with Gasteiger partial charge in [0.15, 0.2) is 0 Å². The number of amides is 3. The Labute approximate surface area is 120 Å². The van der Waals surface area contributed by atoms with Crippen LogP contribution in [0.2, 0.25) is 0 Å². The molecule has 0 unspecified atom stereocenters. The molecule has 1 fully saturated rings. The molecule has 1 aromatic rings. The number of piperidine rings is 1. The highest BCUT2D eigenvalue weighted by atomic mass is 79.9. The van der Waals surface area contributed by atoms with Crippen LogP contribution in [0.25, 0.3) is 0 Å². The number of hydrogen-bond acceptors (Lipinski definition) is 2. The van der Waals surface area contributed by atoms with Gasteiger partial charge in [-0.25, -0.2) is 10.2 Å². The van der Waals surface area contributed by atoms with Crippen LogP contribution < -0.4 is 10.9 Å². The molecular weight excluding hydrogens is 312 g/mol. The van der Waals surface area contributed by atoms with Crippen LogP contribution in [-0.4, -0.2) is 34.4 Å². The van der Waals surface area contributed by atoms with E-state index in [0.717, 1.165) is 30.3 Å². The first-order valence-electron chi connectivity index (χ1n) is 6.29. The van der Waals surface area contributed by atoms with Crippen LogP contribution >= 0.6 is 15.9 Å². The Hall–Kier alpha value is -1.50. The molecule has 1 aromatic heterocycles. The summed E-state index contributed by atoms with van der Waals surface area (Å²) in [7, 11) is 0. The second kappa shape index (κ2) is 6.10. The molecule has 19 heavy (non-hydrogen) atoms. The molecule has 2 rings (SSSR count). The number of carbonyl (C=O) groups is 2. The molecule has 1 atom stereocenters. The van der Waals surface area contributed by atoms with Crippen molar-refractivity contribution in [1.29, 1.82) is 0 Å². The van der Waals surface area contributed by atoms with Gasteiger partial charge in [0.25, 0.3) is 5.91 Å².